The minimum atomic E-state index is 0.368. The van der Waals surface area contributed by atoms with Gasteiger partial charge in [-0.25, -0.2) is 0 Å². The van der Waals surface area contributed by atoms with Gasteiger partial charge in [0.15, 0.2) is 11.5 Å². The highest BCUT2D eigenvalue weighted by molar-refractivity contribution is 5.69. The average molecular weight is 661 g/mol. The first-order valence-electron chi connectivity index (χ1n) is 16.5. The van der Waals surface area contributed by atoms with Crippen molar-refractivity contribution in [2.24, 2.45) is 0 Å². The van der Waals surface area contributed by atoms with Crippen LogP contribution in [0.25, 0.3) is 22.5 Å². The van der Waals surface area contributed by atoms with Gasteiger partial charge in [0.1, 0.15) is 11.5 Å². The maximum atomic E-state index is 5.61. The van der Waals surface area contributed by atoms with Crippen molar-refractivity contribution in [3.63, 3.8) is 0 Å². The molecule has 0 spiro atoms. The molecule has 1 saturated heterocycles. The van der Waals surface area contributed by atoms with E-state index < -0.39 is 0 Å². The van der Waals surface area contributed by atoms with Crippen LogP contribution in [-0.2, 0) is 13.1 Å². The van der Waals surface area contributed by atoms with Crippen LogP contribution in [0.3, 0.4) is 0 Å². The summed E-state index contributed by atoms with van der Waals surface area (Å²) in [5.41, 5.74) is 7.34. The van der Waals surface area contributed by atoms with Gasteiger partial charge < -0.3 is 28.6 Å². The Balaban J connectivity index is 1.19. The van der Waals surface area contributed by atoms with Gasteiger partial charge in [-0.05, 0) is 96.8 Å². The van der Waals surface area contributed by atoms with Crippen LogP contribution in [0.2, 0.25) is 0 Å². The summed E-state index contributed by atoms with van der Waals surface area (Å²) in [5.74, 6) is 3.43. The highest BCUT2D eigenvalue weighted by Crippen LogP contribution is 2.41. The summed E-state index contributed by atoms with van der Waals surface area (Å²) < 4.78 is 27.7. The van der Waals surface area contributed by atoms with Crippen molar-refractivity contribution in [1.29, 1.82) is 0 Å². The van der Waals surface area contributed by atoms with Crippen molar-refractivity contribution in [3.8, 4) is 51.3 Å². The molecule has 0 bridgehead atoms. The molecule has 3 aromatic carbocycles. The first-order chi connectivity index (χ1) is 24.0. The monoisotopic (exact) mass is 660 g/mol. The van der Waals surface area contributed by atoms with E-state index in [0.29, 0.717) is 23.3 Å². The van der Waals surface area contributed by atoms with Crippen LogP contribution in [0.5, 0.6) is 28.7 Å². The lowest BCUT2D eigenvalue weighted by atomic mass is 10.00. The summed E-state index contributed by atoms with van der Waals surface area (Å²) in [6.07, 6.45) is 5.87. The number of methoxy groups -OCH3 is 5. The fourth-order valence-electron chi connectivity index (χ4n) is 6.52. The largest absolute Gasteiger partial charge is 0.497 e. The molecule has 0 aliphatic carbocycles. The van der Waals surface area contributed by atoms with Crippen molar-refractivity contribution >= 4 is 5.69 Å². The zero-order valence-corrected chi connectivity index (χ0v) is 28.9. The highest BCUT2D eigenvalue weighted by atomic mass is 16.5. The molecule has 9 nitrogen and oxygen atoms in total. The first kappa shape index (κ1) is 33.6. The fourth-order valence-corrected chi connectivity index (χ4v) is 6.52. The second kappa shape index (κ2) is 15.7. The number of nitrogens with zero attached hydrogens (tertiary/aromatic N) is 4. The first-order valence-corrected chi connectivity index (χ1v) is 16.5. The van der Waals surface area contributed by atoms with Gasteiger partial charge >= 0.3 is 0 Å². The number of benzene rings is 3. The van der Waals surface area contributed by atoms with Crippen molar-refractivity contribution in [3.05, 3.63) is 108 Å². The van der Waals surface area contributed by atoms with Crippen molar-refractivity contribution in [2.45, 2.75) is 32.0 Å². The Hall–Kier alpha value is -5.28. The Bertz CT molecular complexity index is 1810. The maximum Gasteiger partial charge on any atom is 0.203 e. The molecule has 1 aliphatic rings. The highest BCUT2D eigenvalue weighted by Gasteiger charge is 2.26. The van der Waals surface area contributed by atoms with Crippen LogP contribution in [0.4, 0.5) is 5.69 Å². The van der Waals surface area contributed by atoms with Crippen molar-refractivity contribution in [2.75, 3.05) is 53.5 Å². The zero-order chi connectivity index (χ0) is 34.2. The van der Waals surface area contributed by atoms with E-state index in [9.17, 15) is 0 Å². The van der Waals surface area contributed by atoms with Gasteiger partial charge in [0.25, 0.3) is 0 Å². The smallest absolute Gasteiger partial charge is 0.203 e. The average Bonchev–Trinajstić information content (AvgIpc) is 3.17. The quantitative estimate of drug-likeness (QED) is 0.127. The topological polar surface area (TPSA) is 78.4 Å². The van der Waals surface area contributed by atoms with Crippen LogP contribution in [0, 0.1) is 0 Å². The van der Waals surface area contributed by atoms with Crippen LogP contribution in [0.15, 0.2) is 97.3 Å². The Labute approximate surface area is 289 Å². The number of pyridine rings is 2. The lowest BCUT2D eigenvalue weighted by Crippen LogP contribution is -2.44. The molecule has 1 fully saturated rings. The molecule has 1 aliphatic heterocycles. The summed E-state index contributed by atoms with van der Waals surface area (Å²) in [7, 11) is 8.25. The molecule has 49 heavy (non-hydrogen) atoms. The summed E-state index contributed by atoms with van der Waals surface area (Å²) in [6.45, 7) is 3.63. The second-order valence-electron chi connectivity index (χ2n) is 12.1. The van der Waals surface area contributed by atoms with Crippen LogP contribution in [0.1, 0.15) is 24.0 Å². The van der Waals surface area contributed by atoms with Gasteiger partial charge in [-0.3, -0.25) is 14.9 Å². The molecular weight excluding hydrogens is 616 g/mol. The van der Waals surface area contributed by atoms with Gasteiger partial charge in [0.2, 0.25) is 5.75 Å². The molecule has 5 aromatic rings. The molecule has 6 rings (SSSR count). The number of hydrogen-bond acceptors (Lipinski definition) is 9. The minimum Gasteiger partial charge on any atom is -0.497 e. The molecule has 3 heterocycles. The van der Waals surface area contributed by atoms with Crippen molar-refractivity contribution < 1.29 is 23.7 Å². The number of piperidine rings is 1. The molecule has 2 aromatic heterocycles. The molecule has 254 valence electrons. The Morgan fingerprint density at radius 2 is 1.27 bits per heavy atom. The third kappa shape index (κ3) is 7.90. The molecule has 9 heteroatoms. The van der Waals surface area contributed by atoms with Crippen LogP contribution < -0.4 is 28.6 Å². The van der Waals surface area contributed by atoms with Crippen LogP contribution in [-0.4, -0.2) is 69.5 Å². The number of rotatable bonds is 13. The van der Waals surface area contributed by atoms with E-state index in [1.54, 1.807) is 35.5 Å². The molecule has 0 unspecified atom stereocenters. The molecule has 0 saturated carbocycles. The van der Waals surface area contributed by atoms with Crippen LogP contribution >= 0.6 is 0 Å². The lowest BCUT2D eigenvalue weighted by molar-refractivity contribution is 0.201. The lowest BCUT2D eigenvalue weighted by Gasteiger charge is -2.40. The maximum absolute atomic E-state index is 5.61. The standard InChI is InChI=1S/C40H44N4O5/c1-45-34-11-9-32(10-12-34)44(27-29-14-18-42-37(22-29)31-24-38(47-3)40(49-5)39(25-31)48-4)33-15-19-43(20-16-33)26-28-13-17-41-36(21-28)30-7-6-8-35(23-30)46-2/h6-14,17-18,21-25,33H,15-16,19-20,26-27H2,1-5H3. The number of hydrogen-bond donors (Lipinski definition) is 0. The van der Waals surface area contributed by atoms with E-state index in [4.69, 9.17) is 28.7 Å². The van der Waals surface area contributed by atoms with Gasteiger partial charge in [-0.1, -0.05) is 12.1 Å². The fraction of sp³-hybridized carbons (Fsp3) is 0.300. The third-order valence-electron chi connectivity index (χ3n) is 9.14. The van der Waals surface area contributed by atoms with Gasteiger partial charge in [-0.15, -0.1) is 0 Å². The van der Waals surface area contributed by atoms with E-state index in [1.807, 2.05) is 54.9 Å². The van der Waals surface area contributed by atoms with Gasteiger partial charge in [0.05, 0.1) is 46.9 Å². The zero-order valence-electron chi connectivity index (χ0n) is 28.9. The van der Waals surface area contributed by atoms with E-state index >= 15 is 0 Å². The SMILES string of the molecule is COc1ccc(N(Cc2ccnc(-c3cc(OC)c(OC)c(OC)c3)c2)C2CCN(Cc3ccnc(-c4cccc(OC)c4)c3)CC2)cc1. The molecular formula is C40H44N4O5. The Kier molecular flexibility index (Phi) is 10.8. The predicted octanol–water partition coefficient (Wildman–Crippen LogP) is 7.52. The molecule has 0 amide bonds. The Morgan fingerprint density at radius 3 is 1.90 bits per heavy atom. The second-order valence-corrected chi connectivity index (χ2v) is 12.1. The predicted molar refractivity (Wildman–Crippen MR) is 193 cm³/mol. The van der Waals surface area contributed by atoms with E-state index in [2.05, 4.69) is 57.2 Å². The van der Waals surface area contributed by atoms with Gasteiger partial charge in [0, 0.05) is 61.4 Å². The summed E-state index contributed by atoms with van der Waals surface area (Å²) in [5, 5.41) is 0. The number of likely N-dealkylation sites (tertiary alicyclic amines) is 1. The minimum absolute atomic E-state index is 0.368. The molecule has 0 N–H and O–H groups in total. The summed E-state index contributed by atoms with van der Waals surface area (Å²) in [4.78, 5) is 14.4. The molecule has 0 radical (unpaired) electrons. The number of ether oxygens (including phenoxy) is 5. The summed E-state index contributed by atoms with van der Waals surface area (Å²) in [6, 6.07) is 29.2. The van der Waals surface area contributed by atoms with E-state index in [1.165, 1.54) is 16.8 Å². The van der Waals surface area contributed by atoms with E-state index in [0.717, 1.165) is 73.0 Å². The summed E-state index contributed by atoms with van der Waals surface area (Å²) >= 11 is 0. The van der Waals surface area contributed by atoms with Gasteiger partial charge in [-0.2, -0.15) is 0 Å². The Morgan fingerprint density at radius 1 is 0.633 bits per heavy atom. The third-order valence-corrected chi connectivity index (χ3v) is 9.14. The number of anilines is 1. The van der Waals surface area contributed by atoms with Crippen molar-refractivity contribution in [1.82, 2.24) is 14.9 Å². The van der Waals surface area contributed by atoms with E-state index in [-0.39, 0.29) is 0 Å². The normalized spacial score (nSPS) is 13.5. The number of aromatic nitrogens is 2. The molecule has 0 atom stereocenters.